The molecule has 0 bridgehead atoms. The van der Waals surface area contributed by atoms with Gasteiger partial charge >= 0.3 is 6.18 Å². The van der Waals surface area contributed by atoms with Crippen LogP contribution in [0.4, 0.5) is 13.2 Å². The summed E-state index contributed by atoms with van der Waals surface area (Å²) in [4.78, 5) is 35.5. The Kier molecular flexibility index (Phi) is 6.73. The molecule has 0 saturated heterocycles. The summed E-state index contributed by atoms with van der Waals surface area (Å²) in [5.74, 6) is -0.786. The highest BCUT2D eigenvalue weighted by Gasteiger charge is 2.33. The van der Waals surface area contributed by atoms with E-state index in [-0.39, 0.29) is 46.4 Å². The van der Waals surface area contributed by atoms with Crippen molar-refractivity contribution in [3.05, 3.63) is 76.8 Å². The van der Waals surface area contributed by atoms with Crippen molar-refractivity contribution in [1.82, 2.24) is 20.2 Å². The Bertz CT molecular complexity index is 1560. The van der Waals surface area contributed by atoms with Crippen LogP contribution in [0.1, 0.15) is 46.0 Å². The zero-order valence-electron chi connectivity index (χ0n) is 21.0. The monoisotopic (exact) mass is 539 g/mol. The maximum atomic E-state index is 13.3. The molecule has 0 radical (unpaired) electrons. The van der Waals surface area contributed by atoms with Crippen LogP contribution in [0.3, 0.4) is 0 Å². The predicted octanol–water partition coefficient (Wildman–Crippen LogP) is 4.21. The molecule has 2 amide bonds. The zero-order chi connectivity index (χ0) is 27.9. The second-order valence-corrected chi connectivity index (χ2v) is 9.13. The van der Waals surface area contributed by atoms with Crippen molar-refractivity contribution >= 4 is 22.7 Å². The van der Waals surface area contributed by atoms with Crippen molar-refractivity contribution in [3.8, 4) is 17.2 Å². The SMILES string of the molecule is COc1ccc(-c2nc(C(=O)NCC(=O)N3Cc4ccccc4C3)c([C@H](C)N)o2)c2ccc(C(F)(F)F)nc12. The van der Waals surface area contributed by atoms with Gasteiger partial charge in [0.2, 0.25) is 11.8 Å². The summed E-state index contributed by atoms with van der Waals surface area (Å²) < 4.78 is 50.9. The van der Waals surface area contributed by atoms with E-state index in [1.165, 1.54) is 19.2 Å². The Hall–Kier alpha value is -4.45. The van der Waals surface area contributed by atoms with Gasteiger partial charge in [-0.25, -0.2) is 9.97 Å². The normalized spacial score (nSPS) is 13.8. The summed E-state index contributed by atoms with van der Waals surface area (Å²) in [5.41, 5.74) is 7.18. The van der Waals surface area contributed by atoms with Gasteiger partial charge in [-0.1, -0.05) is 24.3 Å². The first-order valence-electron chi connectivity index (χ1n) is 12.0. The molecule has 1 atom stereocenters. The molecule has 1 aliphatic heterocycles. The van der Waals surface area contributed by atoms with E-state index in [0.29, 0.717) is 18.7 Å². The first-order chi connectivity index (χ1) is 18.6. The number of methoxy groups -OCH3 is 1. The summed E-state index contributed by atoms with van der Waals surface area (Å²) in [7, 11) is 1.32. The number of nitrogens with one attached hydrogen (secondary N) is 1. The van der Waals surface area contributed by atoms with E-state index in [2.05, 4.69) is 15.3 Å². The largest absolute Gasteiger partial charge is 0.494 e. The fourth-order valence-corrected chi connectivity index (χ4v) is 4.48. The van der Waals surface area contributed by atoms with Crippen LogP contribution in [0, 0.1) is 0 Å². The molecule has 9 nitrogen and oxygen atoms in total. The van der Waals surface area contributed by atoms with Gasteiger partial charge in [0.05, 0.1) is 19.7 Å². The summed E-state index contributed by atoms with van der Waals surface area (Å²) in [6.07, 6.45) is -4.65. The molecule has 0 spiro atoms. The lowest BCUT2D eigenvalue weighted by Gasteiger charge is -2.15. The molecule has 3 N–H and O–H groups in total. The maximum Gasteiger partial charge on any atom is 0.433 e. The molecular weight excluding hydrogens is 515 g/mol. The number of benzene rings is 2. The number of oxazole rings is 1. The number of alkyl halides is 3. The van der Waals surface area contributed by atoms with Crippen LogP contribution < -0.4 is 15.8 Å². The highest BCUT2D eigenvalue weighted by Crippen LogP contribution is 2.37. The summed E-state index contributed by atoms with van der Waals surface area (Å²) in [6, 6.07) is 12.0. The van der Waals surface area contributed by atoms with E-state index in [9.17, 15) is 22.8 Å². The first kappa shape index (κ1) is 26.2. The lowest BCUT2D eigenvalue weighted by Crippen LogP contribution is -2.38. The van der Waals surface area contributed by atoms with Crippen LogP contribution in [0.5, 0.6) is 5.75 Å². The molecule has 2 aromatic carbocycles. The number of aromatic nitrogens is 2. The fourth-order valence-electron chi connectivity index (χ4n) is 4.48. The number of fused-ring (bicyclic) bond motifs is 2. The van der Waals surface area contributed by atoms with Crippen molar-refractivity contribution in [1.29, 1.82) is 0 Å². The number of amides is 2. The minimum Gasteiger partial charge on any atom is -0.494 e. The molecule has 0 unspecified atom stereocenters. The number of nitrogens with two attached hydrogens (primary N) is 1. The molecule has 39 heavy (non-hydrogen) atoms. The number of pyridine rings is 1. The number of rotatable bonds is 6. The van der Waals surface area contributed by atoms with Crippen LogP contribution in [0.25, 0.3) is 22.4 Å². The molecule has 4 aromatic rings. The van der Waals surface area contributed by atoms with E-state index in [4.69, 9.17) is 14.9 Å². The third-order valence-corrected chi connectivity index (χ3v) is 6.44. The molecule has 5 rings (SSSR count). The smallest absolute Gasteiger partial charge is 0.433 e. The minimum atomic E-state index is -4.65. The molecule has 0 fully saturated rings. The number of nitrogens with zero attached hydrogens (tertiary/aromatic N) is 3. The fraction of sp³-hybridized carbons (Fsp3) is 0.259. The second-order valence-electron chi connectivity index (χ2n) is 9.13. The third-order valence-electron chi connectivity index (χ3n) is 6.44. The highest BCUT2D eigenvalue weighted by molar-refractivity contribution is 5.99. The number of carbonyl (C=O) groups is 2. The predicted molar refractivity (Wildman–Crippen MR) is 134 cm³/mol. The van der Waals surface area contributed by atoms with Gasteiger partial charge < -0.3 is 25.1 Å². The molecule has 1 aliphatic rings. The summed E-state index contributed by atoms with van der Waals surface area (Å²) in [5, 5.41) is 2.85. The number of carbonyl (C=O) groups excluding carboxylic acids is 2. The zero-order valence-corrected chi connectivity index (χ0v) is 21.0. The number of halogens is 3. The van der Waals surface area contributed by atoms with E-state index < -0.39 is 23.8 Å². The molecular formula is C27H24F3N5O4. The highest BCUT2D eigenvalue weighted by atomic mass is 19.4. The second kappa shape index (κ2) is 10.0. The first-order valence-corrected chi connectivity index (χ1v) is 12.0. The van der Waals surface area contributed by atoms with Gasteiger partial charge in [-0.15, -0.1) is 0 Å². The van der Waals surface area contributed by atoms with Gasteiger partial charge in [0.25, 0.3) is 5.91 Å². The number of ether oxygens (including phenoxy) is 1. The number of hydrogen-bond donors (Lipinski definition) is 2. The maximum absolute atomic E-state index is 13.3. The van der Waals surface area contributed by atoms with Crippen molar-refractivity contribution < 1.29 is 31.9 Å². The quantitative estimate of drug-likeness (QED) is 0.376. The summed E-state index contributed by atoms with van der Waals surface area (Å²) in [6.45, 7) is 2.25. The molecule has 0 aliphatic carbocycles. The van der Waals surface area contributed by atoms with Crippen LogP contribution in [-0.2, 0) is 24.1 Å². The van der Waals surface area contributed by atoms with E-state index >= 15 is 0 Å². The average molecular weight is 540 g/mol. The molecule has 2 aromatic heterocycles. The van der Waals surface area contributed by atoms with E-state index in [1.807, 2.05) is 24.3 Å². The molecule has 3 heterocycles. The third kappa shape index (κ3) is 5.02. The molecule has 0 saturated carbocycles. The van der Waals surface area contributed by atoms with Crippen molar-refractivity contribution in [2.24, 2.45) is 5.73 Å². The van der Waals surface area contributed by atoms with Crippen molar-refractivity contribution in [2.45, 2.75) is 32.2 Å². The Morgan fingerprint density at radius 3 is 2.41 bits per heavy atom. The Morgan fingerprint density at radius 1 is 1.10 bits per heavy atom. The lowest BCUT2D eigenvalue weighted by molar-refractivity contribution is -0.141. The summed E-state index contributed by atoms with van der Waals surface area (Å²) >= 11 is 0. The van der Waals surface area contributed by atoms with Crippen LogP contribution in [0.15, 0.2) is 52.9 Å². The Morgan fingerprint density at radius 2 is 1.79 bits per heavy atom. The lowest BCUT2D eigenvalue weighted by atomic mass is 10.1. The van der Waals surface area contributed by atoms with E-state index in [0.717, 1.165) is 17.2 Å². The minimum absolute atomic E-state index is 0.0389. The van der Waals surface area contributed by atoms with Crippen molar-refractivity contribution in [3.63, 3.8) is 0 Å². The Balaban J connectivity index is 1.41. The van der Waals surface area contributed by atoms with Gasteiger partial charge in [-0.2, -0.15) is 13.2 Å². The average Bonchev–Trinajstić information content (AvgIpc) is 3.55. The van der Waals surface area contributed by atoms with Gasteiger partial charge in [-0.3, -0.25) is 9.59 Å². The van der Waals surface area contributed by atoms with Crippen molar-refractivity contribution in [2.75, 3.05) is 13.7 Å². The van der Waals surface area contributed by atoms with Gasteiger partial charge in [0, 0.05) is 24.0 Å². The van der Waals surface area contributed by atoms with Gasteiger partial charge in [0.1, 0.15) is 17.0 Å². The molecule has 12 heteroatoms. The van der Waals surface area contributed by atoms with Crippen LogP contribution in [-0.4, -0.2) is 40.3 Å². The van der Waals surface area contributed by atoms with E-state index in [1.54, 1.807) is 17.9 Å². The topological polar surface area (TPSA) is 124 Å². The standard InChI is InChI=1S/C27H24F3N5O4/c1-14(31)24-23(25(37)32-11-21(36)35-12-15-5-3-4-6-16(15)13-35)34-26(39-24)18-7-9-19(38-2)22-17(18)8-10-20(33-22)27(28,29)30/h3-10,14H,11-13,31H2,1-2H3,(H,32,37)/t14-/m0/s1. The van der Waals surface area contributed by atoms with Crippen LogP contribution in [0.2, 0.25) is 0 Å². The number of hydrogen-bond acceptors (Lipinski definition) is 7. The van der Waals surface area contributed by atoms with Crippen LogP contribution >= 0.6 is 0 Å². The Labute approximate surface area is 220 Å². The van der Waals surface area contributed by atoms with Gasteiger partial charge in [-0.05, 0) is 42.3 Å². The van der Waals surface area contributed by atoms with Gasteiger partial charge in [0.15, 0.2) is 11.5 Å². The molecule has 202 valence electrons.